The van der Waals surface area contributed by atoms with Gasteiger partial charge in [-0.2, -0.15) is 0 Å². The molecule has 19 heteroatoms. The van der Waals surface area contributed by atoms with Crippen LogP contribution in [0.25, 0.3) is 39.3 Å². The number of unbranched alkanes of at least 4 members (excludes halogenated alkanes) is 2. The molecule has 3 heterocycles. The number of hydrogen-bond acceptors (Lipinski definition) is 13. The first-order chi connectivity index (χ1) is 37.0. The molecule has 1 N–H and O–H groups in total. The zero-order valence-electron chi connectivity index (χ0n) is 42.7. The van der Waals surface area contributed by atoms with Gasteiger partial charge < -0.3 is 24.2 Å². The number of oxime groups is 2. The minimum absolute atomic E-state index is 0. The second kappa shape index (κ2) is 30.8. The fraction of sp³-hybridized carbons (Fsp3) is 0.207. The summed E-state index contributed by atoms with van der Waals surface area (Å²) in [5.74, 6) is -0.196. The van der Waals surface area contributed by atoms with Gasteiger partial charge in [-0.15, -0.1) is 0 Å². The summed E-state index contributed by atoms with van der Waals surface area (Å²) in [5.41, 5.74) is 6.32. The summed E-state index contributed by atoms with van der Waals surface area (Å²) in [6, 6.07) is 41.6. The van der Waals surface area contributed by atoms with Crippen LogP contribution in [-0.2, 0) is 36.7 Å². The van der Waals surface area contributed by atoms with Crippen LogP contribution >= 0.6 is 11.9 Å². The summed E-state index contributed by atoms with van der Waals surface area (Å²) in [4.78, 5) is 64.8. The van der Waals surface area contributed by atoms with Crippen LogP contribution in [0.15, 0.2) is 172 Å². The third-order valence-electron chi connectivity index (χ3n) is 12.0. The van der Waals surface area contributed by atoms with E-state index in [-0.39, 0.29) is 76.8 Å². The number of ether oxygens (including phenoxy) is 2. The van der Waals surface area contributed by atoms with Crippen LogP contribution in [0.3, 0.4) is 0 Å². The Balaban J connectivity index is 0.000000241. The summed E-state index contributed by atoms with van der Waals surface area (Å²) < 4.78 is 47.0. The van der Waals surface area contributed by atoms with Crippen molar-refractivity contribution in [3.8, 4) is 11.4 Å². The maximum atomic E-state index is 13.6. The number of rotatable bonds is 16. The van der Waals surface area contributed by atoms with Gasteiger partial charge in [0.2, 0.25) is 0 Å². The van der Waals surface area contributed by atoms with Gasteiger partial charge in [0.15, 0.2) is 6.10 Å². The van der Waals surface area contributed by atoms with Crippen molar-refractivity contribution < 1.29 is 72.1 Å². The number of fused-ring (bicyclic) bond motifs is 2. The summed E-state index contributed by atoms with van der Waals surface area (Å²) in [5, 5.41) is 16.2. The summed E-state index contributed by atoms with van der Waals surface area (Å²) >= 11 is 3.39. The molecule has 1 aliphatic heterocycles. The first-order valence-electron chi connectivity index (χ1n) is 24.1. The van der Waals surface area contributed by atoms with Crippen LogP contribution in [0.4, 0.5) is 8.78 Å². The number of carbonyl (C=O) groups excluding carboxylic acids is 2. The Labute approximate surface area is 470 Å². The van der Waals surface area contributed by atoms with E-state index in [1.165, 1.54) is 53.8 Å². The Morgan fingerprint density at radius 1 is 0.701 bits per heavy atom. The van der Waals surface area contributed by atoms with Crippen LogP contribution in [0.2, 0.25) is 0 Å². The van der Waals surface area contributed by atoms with Crippen molar-refractivity contribution in [2.75, 3.05) is 14.2 Å². The third-order valence-corrected chi connectivity index (χ3v) is 12.0. The number of benzene rings is 6. The molecule has 0 aliphatic carbocycles. The number of hydrogen-bond donors (Lipinski definition) is 1. The maximum Gasteiger partial charge on any atom is 1.00 e. The number of aromatic nitrogens is 4. The number of methoxy groups -OCH3 is 2. The standard InChI is InChI=1S/C29H26FN3O4.C22H21FN2O3.C7H7NO.ClO.Na/c1-36-28(34)10-6-5-9-27-31-25-17-20(26-18-24(32-37-26)19-7-3-2-4-8-19)11-16-23(25)29(35)33(27)22-14-12-21(30)13-15-22;1-3-15-8-13-18-19(14-15)24-20(6-4-5-7-21(26)28-2)25(22(18)27)17-11-9-16(23)10-12-17;9-8-6-7-4-2-1-3-5-7;1-2;/h2-4,7-8,11-17,26H,5-6,9-10,18H2,1H3;3,8-14H,1,4-7H2,2H3;1-6,9H;;/q;;;-1;+1/b;;8-6+;;. The minimum atomic E-state index is -0.386. The van der Waals surface area contributed by atoms with E-state index in [4.69, 9.17) is 24.4 Å². The van der Waals surface area contributed by atoms with Crippen molar-refractivity contribution >= 4 is 63.6 Å². The van der Waals surface area contributed by atoms with Crippen LogP contribution < -0.4 is 45.3 Å². The predicted molar refractivity (Wildman–Crippen MR) is 287 cm³/mol. The first-order valence-corrected chi connectivity index (χ1v) is 24.4. The van der Waals surface area contributed by atoms with Gasteiger partial charge in [-0.05, 0) is 121 Å². The van der Waals surface area contributed by atoms with Crippen molar-refractivity contribution in [2.45, 2.75) is 63.9 Å². The quantitative estimate of drug-likeness (QED) is 0.0254. The van der Waals surface area contributed by atoms with E-state index < -0.39 is 0 Å². The molecule has 15 nitrogen and oxygen atoms in total. The van der Waals surface area contributed by atoms with Crippen LogP contribution in [0, 0.1) is 11.6 Å². The van der Waals surface area contributed by atoms with Crippen LogP contribution in [0.1, 0.15) is 85.0 Å². The Kier molecular flexibility index (Phi) is 24.1. The molecule has 0 amide bonds. The molecular weight excluding hydrogens is 1020 g/mol. The second-order valence-corrected chi connectivity index (χ2v) is 17.0. The van der Waals surface area contributed by atoms with Crippen molar-refractivity contribution in [3.05, 3.63) is 218 Å². The molecule has 1 aliphatic rings. The van der Waals surface area contributed by atoms with Gasteiger partial charge >= 0.3 is 41.5 Å². The molecule has 0 saturated carbocycles. The topological polar surface area (TPSA) is 200 Å². The zero-order chi connectivity index (χ0) is 54.4. The van der Waals surface area contributed by atoms with Gasteiger partial charge in [-0.25, -0.2) is 30.6 Å². The van der Waals surface area contributed by atoms with E-state index in [0.717, 1.165) is 28.0 Å². The zero-order valence-corrected chi connectivity index (χ0v) is 45.4. The van der Waals surface area contributed by atoms with Crippen molar-refractivity contribution in [1.29, 1.82) is 0 Å². The number of esters is 2. The van der Waals surface area contributed by atoms with Gasteiger partial charge in [-0.3, -0.25) is 28.3 Å². The van der Waals surface area contributed by atoms with E-state index in [1.54, 1.807) is 42.5 Å². The molecule has 6 aromatic carbocycles. The molecule has 1 unspecified atom stereocenters. The second-order valence-electron chi connectivity index (χ2n) is 17.0. The molecule has 8 aromatic rings. The minimum Gasteiger partial charge on any atom is -0.769 e. The average molecular weight is 1080 g/mol. The average Bonchev–Trinajstić information content (AvgIpc) is 3.97. The van der Waals surface area contributed by atoms with Crippen molar-refractivity contribution in [2.24, 2.45) is 10.3 Å². The summed E-state index contributed by atoms with van der Waals surface area (Å²) in [7, 11) is 2.72. The predicted octanol–water partition coefficient (Wildman–Crippen LogP) is 7.33. The van der Waals surface area contributed by atoms with Gasteiger partial charge in [0.1, 0.15) is 23.3 Å². The molecular formula is C58H54ClF2N6NaO9. The molecule has 77 heavy (non-hydrogen) atoms. The first kappa shape index (κ1) is 60.2. The Morgan fingerprint density at radius 3 is 1.66 bits per heavy atom. The van der Waals surface area contributed by atoms with E-state index in [0.29, 0.717) is 96.2 Å². The van der Waals surface area contributed by atoms with Gasteiger partial charge in [0.05, 0.1) is 59.3 Å². The Bertz CT molecular complexity index is 3420. The fourth-order valence-electron chi connectivity index (χ4n) is 8.14. The Hall–Kier alpha value is -7.67. The monoisotopic (exact) mass is 1070 g/mol. The molecule has 9 rings (SSSR count). The molecule has 2 aromatic heterocycles. The number of halogens is 3. The van der Waals surface area contributed by atoms with Crippen molar-refractivity contribution in [1.82, 2.24) is 19.1 Å². The molecule has 0 fully saturated rings. The summed E-state index contributed by atoms with van der Waals surface area (Å²) in [6.07, 6.45) is 7.50. The molecule has 0 radical (unpaired) electrons. The SMILES string of the molecule is C=Cc1ccc2c(=O)n(-c3ccc(F)cc3)c(CCCCC(=O)OC)nc2c1.COC(=O)CCCCc1nc2cc(C3CC(c4ccccc4)=NO3)ccc2c(=O)n1-c1ccc(F)cc1.O/N=C/c1ccccc1.[Na+].[O-]Cl. The van der Waals surface area contributed by atoms with E-state index >= 15 is 0 Å². The maximum absolute atomic E-state index is 13.6. The van der Waals surface area contributed by atoms with E-state index in [9.17, 15) is 28.0 Å². The van der Waals surface area contributed by atoms with Gasteiger partial charge in [-0.1, -0.05) is 95.8 Å². The largest absolute Gasteiger partial charge is 1.00 e. The smallest absolute Gasteiger partial charge is 0.769 e. The van der Waals surface area contributed by atoms with E-state index in [1.807, 2.05) is 84.9 Å². The molecule has 0 saturated heterocycles. The number of aryl methyl sites for hydroxylation is 2. The number of nitrogens with zero attached hydrogens (tertiary/aromatic N) is 6. The molecule has 0 bridgehead atoms. The third kappa shape index (κ3) is 16.7. The van der Waals surface area contributed by atoms with Gasteiger partial charge in [0.25, 0.3) is 11.1 Å². The van der Waals surface area contributed by atoms with Crippen molar-refractivity contribution in [3.63, 3.8) is 0 Å². The molecule has 392 valence electrons. The van der Waals surface area contributed by atoms with Crippen LogP contribution in [-0.4, -0.2) is 62.4 Å². The number of carbonyl (C=O) groups is 2. The van der Waals surface area contributed by atoms with Gasteiger partial charge in [0, 0.05) is 32.1 Å². The van der Waals surface area contributed by atoms with E-state index in [2.05, 4.69) is 38.5 Å². The summed E-state index contributed by atoms with van der Waals surface area (Å²) in [6.45, 7) is 3.75. The van der Waals surface area contributed by atoms with Crippen LogP contribution in [0.5, 0.6) is 0 Å². The molecule has 1 atom stereocenters. The fourth-order valence-corrected chi connectivity index (χ4v) is 8.14. The Morgan fingerprint density at radius 2 is 1.18 bits per heavy atom. The normalized spacial score (nSPS) is 12.3. The molecule has 0 spiro atoms.